The van der Waals surface area contributed by atoms with Crippen molar-refractivity contribution in [2.75, 3.05) is 7.11 Å². The number of benzene rings is 2. The summed E-state index contributed by atoms with van der Waals surface area (Å²) in [5.41, 5.74) is 4.11. The number of H-pyrrole nitrogens is 1. The van der Waals surface area contributed by atoms with Crippen LogP contribution in [0.4, 0.5) is 0 Å². The van der Waals surface area contributed by atoms with Crippen molar-refractivity contribution in [3.8, 4) is 5.75 Å². The first-order chi connectivity index (χ1) is 11.7. The zero-order valence-corrected chi connectivity index (χ0v) is 13.2. The van der Waals surface area contributed by atoms with Gasteiger partial charge in [-0.2, -0.15) is 0 Å². The highest BCUT2D eigenvalue weighted by molar-refractivity contribution is 5.87. The van der Waals surface area contributed by atoms with E-state index in [4.69, 9.17) is 4.74 Å². The van der Waals surface area contributed by atoms with Crippen molar-refractivity contribution < 1.29 is 14.6 Å². The van der Waals surface area contributed by atoms with E-state index in [9.17, 15) is 9.90 Å². The van der Waals surface area contributed by atoms with E-state index in [-0.39, 0.29) is 6.04 Å². The van der Waals surface area contributed by atoms with Gasteiger partial charge >= 0.3 is 5.97 Å². The molecule has 1 aliphatic heterocycles. The van der Waals surface area contributed by atoms with Gasteiger partial charge in [0.1, 0.15) is 11.8 Å². The van der Waals surface area contributed by atoms with Crippen LogP contribution >= 0.6 is 0 Å². The number of carbonyl (C=O) groups is 1. The maximum absolute atomic E-state index is 11.6. The van der Waals surface area contributed by atoms with Crippen LogP contribution in [0, 0.1) is 0 Å². The molecule has 5 nitrogen and oxygen atoms in total. The third-order valence-corrected chi connectivity index (χ3v) is 4.64. The van der Waals surface area contributed by atoms with Crippen LogP contribution in [0.25, 0.3) is 10.9 Å². The Bertz CT molecular complexity index is 916. The maximum atomic E-state index is 11.6. The average Bonchev–Trinajstić information content (AvgIpc) is 2.99. The molecule has 1 aromatic heterocycles. The van der Waals surface area contributed by atoms with Gasteiger partial charge in [-0.15, -0.1) is 0 Å². The normalized spacial score (nSPS) is 19.9. The molecule has 4 rings (SSSR count). The number of aromatic amines is 1. The Morgan fingerprint density at radius 1 is 1.21 bits per heavy atom. The highest BCUT2D eigenvalue weighted by Crippen LogP contribution is 2.35. The molecular formula is C19H18N2O3. The summed E-state index contributed by atoms with van der Waals surface area (Å²) in [6.45, 7) is 0. The predicted octanol–water partition coefficient (Wildman–Crippen LogP) is 2.86. The number of ether oxygens (including phenoxy) is 1. The molecule has 1 unspecified atom stereocenters. The molecule has 2 heterocycles. The molecule has 0 radical (unpaired) electrons. The summed E-state index contributed by atoms with van der Waals surface area (Å²) in [4.78, 5) is 15.1. The zero-order chi connectivity index (χ0) is 16.7. The summed E-state index contributed by atoms with van der Waals surface area (Å²) in [6.07, 6.45) is 0.467. The molecule has 2 aromatic carbocycles. The number of hydrogen-bond donors (Lipinski definition) is 3. The molecule has 0 spiro atoms. The number of nitrogens with one attached hydrogen (secondary N) is 2. The van der Waals surface area contributed by atoms with Crippen LogP contribution in [0.5, 0.6) is 5.75 Å². The SMILES string of the molecule is COc1cccc(C2N[C@H](C(=O)O)Cc3c2[nH]c2ccccc32)c1. The smallest absolute Gasteiger partial charge is 0.321 e. The number of carboxylic acid groups (broad SMARTS) is 1. The number of fused-ring (bicyclic) bond motifs is 3. The van der Waals surface area contributed by atoms with Gasteiger partial charge in [0.15, 0.2) is 0 Å². The minimum Gasteiger partial charge on any atom is -0.497 e. The Morgan fingerprint density at radius 3 is 2.83 bits per heavy atom. The lowest BCUT2D eigenvalue weighted by Gasteiger charge is -2.29. The monoisotopic (exact) mass is 322 g/mol. The second-order valence-corrected chi connectivity index (χ2v) is 6.03. The first-order valence-electron chi connectivity index (χ1n) is 7.89. The number of methoxy groups -OCH3 is 1. The van der Waals surface area contributed by atoms with Gasteiger partial charge in [0.2, 0.25) is 0 Å². The Hall–Kier alpha value is -2.79. The summed E-state index contributed by atoms with van der Waals surface area (Å²) in [5.74, 6) is -0.0803. The van der Waals surface area contributed by atoms with E-state index in [0.29, 0.717) is 6.42 Å². The molecule has 0 fully saturated rings. The van der Waals surface area contributed by atoms with Crippen molar-refractivity contribution in [1.82, 2.24) is 10.3 Å². The predicted molar refractivity (Wildman–Crippen MR) is 91.4 cm³/mol. The molecule has 24 heavy (non-hydrogen) atoms. The molecular weight excluding hydrogens is 304 g/mol. The lowest BCUT2D eigenvalue weighted by molar-refractivity contribution is -0.139. The van der Waals surface area contributed by atoms with Crippen molar-refractivity contribution in [3.05, 3.63) is 65.4 Å². The van der Waals surface area contributed by atoms with E-state index in [1.807, 2.05) is 48.5 Å². The topological polar surface area (TPSA) is 74.3 Å². The highest BCUT2D eigenvalue weighted by Gasteiger charge is 2.33. The Labute approximate surface area is 139 Å². The van der Waals surface area contributed by atoms with E-state index in [0.717, 1.165) is 33.5 Å². The minimum absolute atomic E-state index is 0.211. The molecule has 1 aliphatic rings. The van der Waals surface area contributed by atoms with Crippen LogP contribution in [-0.2, 0) is 11.2 Å². The highest BCUT2D eigenvalue weighted by atomic mass is 16.5. The van der Waals surface area contributed by atoms with Crippen LogP contribution in [-0.4, -0.2) is 29.2 Å². The fourth-order valence-electron chi connectivity index (χ4n) is 3.48. The van der Waals surface area contributed by atoms with Gasteiger partial charge in [-0.05, 0) is 29.3 Å². The summed E-state index contributed by atoms with van der Waals surface area (Å²) >= 11 is 0. The second-order valence-electron chi connectivity index (χ2n) is 6.03. The average molecular weight is 322 g/mol. The zero-order valence-electron chi connectivity index (χ0n) is 13.2. The fourth-order valence-corrected chi connectivity index (χ4v) is 3.48. The first-order valence-corrected chi connectivity index (χ1v) is 7.89. The molecule has 2 atom stereocenters. The summed E-state index contributed by atoms with van der Waals surface area (Å²) < 4.78 is 5.31. The lowest BCUT2D eigenvalue weighted by Crippen LogP contribution is -2.44. The third kappa shape index (κ3) is 2.34. The van der Waals surface area contributed by atoms with Crippen LogP contribution in [0.15, 0.2) is 48.5 Å². The molecule has 0 amide bonds. The fraction of sp³-hybridized carbons (Fsp3) is 0.211. The largest absolute Gasteiger partial charge is 0.497 e. The molecule has 5 heteroatoms. The van der Waals surface area contributed by atoms with Crippen molar-refractivity contribution in [3.63, 3.8) is 0 Å². The van der Waals surface area contributed by atoms with E-state index in [2.05, 4.69) is 10.3 Å². The molecule has 0 aliphatic carbocycles. The van der Waals surface area contributed by atoms with Crippen LogP contribution in [0.2, 0.25) is 0 Å². The quantitative estimate of drug-likeness (QED) is 0.693. The van der Waals surface area contributed by atoms with Crippen molar-refractivity contribution in [2.24, 2.45) is 0 Å². The van der Waals surface area contributed by atoms with Gasteiger partial charge in [-0.25, -0.2) is 0 Å². The standard InChI is InChI=1S/C19H18N2O3/c1-24-12-6-4-5-11(9-12)17-18-14(10-16(21-17)19(22)23)13-7-2-3-8-15(13)20-18/h2-9,16-17,20-21H,10H2,1H3,(H,22,23)/t16-,17?/m0/s1. The van der Waals surface area contributed by atoms with Crippen molar-refractivity contribution in [2.45, 2.75) is 18.5 Å². The van der Waals surface area contributed by atoms with Crippen LogP contribution in [0.1, 0.15) is 22.9 Å². The third-order valence-electron chi connectivity index (χ3n) is 4.64. The van der Waals surface area contributed by atoms with E-state index < -0.39 is 12.0 Å². The molecule has 122 valence electrons. The number of para-hydroxylation sites is 1. The summed E-state index contributed by atoms with van der Waals surface area (Å²) in [6, 6.07) is 14.9. The van der Waals surface area contributed by atoms with Gasteiger partial charge < -0.3 is 14.8 Å². The molecule has 0 saturated heterocycles. The van der Waals surface area contributed by atoms with Gasteiger partial charge in [0, 0.05) is 23.0 Å². The number of hydrogen-bond acceptors (Lipinski definition) is 3. The number of carboxylic acids is 1. The van der Waals surface area contributed by atoms with Gasteiger partial charge in [0.05, 0.1) is 13.2 Å². The van der Waals surface area contributed by atoms with Gasteiger partial charge in [-0.3, -0.25) is 10.1 Å². The summed E-state index contributed by atoms with van der Waals surface area (Å²) in [7, 11) is 1.63. The van der Waals surface area contributed by atoms with Crippen molar-refractivity contribution >= 4 is 16.9 Å². The van der Waals surface area contributed by atoms with E-state index in [1.54, 1.807) is 7.11 Å². The Kier molecular flexibility index (Phi) is 3.50. The van der Waals surface area contributed by atoms with Crippen LogP contribution in [0.3, 0.4) is 0 Å². The molecule has 3 aromatic rings. The van der Waals surface area contributed by atoms with Crippen molar-refractivity contribution in [1.29, 1.82) is 0 Å². The molecule has 0 saturated carbocycles. The maximum Gasteiger partial charge on any atom is 0.321 e. The Morgan fingerprint density at radius 2 is 2.04 bits per heavy atom. The summed E-state index contributed by atoms with van der Waals surface area (Å²) in [5, 5.41) is 13.9. The Balaban J connectivity index is 1.89. The second kappa shape index (κ2) is 5.69. The minimum atomic E-state index is -0.834. The van der Waals surface area contributed by atoms with E-state index in [1.165, 1.54) is 0 Å². The molecule has 0 bridgehead atoms. The lowest BCUT2D eigenvalue weighted by atomic mass is 9.90. The number of aliphatic carboxylic acids is 1. The van der Waals surface area contributed by atoms with Gasteiger partial charge in [0.25, 0.3) is 0 Å². The number of rotatable bonds is 3. The first kappa shape index (κ1) is 14.8. The van der Waals surface area contributed by atoms with E-state index >= 15 is 0 Å². The number of aromatic nitrogens is 1. The molecule has 3 N–H and O–H groups in total. The van der Waals surface area contributed by atoms with Crippen LogP contribution < -0.4 is 10.1 Å². The van der Waals surface area contributed by atoms with Gasteiger partial charge in [-0.1, -0.05) is 30.3 Å².